The third kappa shape index (κ3) is 5.55. The van der Waals surface area contributed by atoms with Crippen LogP contribution in [0.25, 0.3) is 16.7 Å². The minimum absolute atomic E-state index is 0.00826. The molecule has 204 valence electrons. The topological polar surface area (TPSA) is 155 Å². The molecule has 40 heavy (non-hydrogen) atoms. The van der Waals surface area contributed by atoms with E-state index in [1.807, 2.05) is 0 Å². The van der Waals surface area contributed by atoms with Crippen LogP contribution in [-0.4, -0.2) is 60.2 Å². The molecule has 4 N–H and O–H groups in total. The molecule has 0 radical (unpaired) electrons. The Morgan fingerprint density at radius 3 is 2.62 bits per heavy atom. The van der Waals surface area contributed by atoms with Crippen LogP contribution in [0, 0.1) is 11.6 Å². The van der Waals surface area contributed by atoms with Gasteiger partial charge in [-0.15, -0.1) is 0 Å². The van der Waals surface area contributed by atoms with Gasteiger partial charge < -0.3 is 20.3 Å². The quantitative estimate of drug-likeness (QED) is 0.193. The number of rotatable bonds is 10. The molecule has 0 saturated heterocycles. The number of halogens is 2. The summed E-state index contributed by atoms with van der Waals surface area (Å²) >= 11 is 0. The number of carbonyl (C=O) groups excluding carboxylic acids is 1. The molecule has 0 saturated carbocycles. The highest BCUT2D eigenvalue weighted by Gasteiger charge is 2.18. The van der Waals surface area contributed by atoms with E-state index >= 15 is 4.39 Å². The molecule has 0 amide bonds. The Balaban J connectivity index is 1.35. The van der Waals surface area contributed by atoms with E-state index < -0.39 is 35.7 Å². The molecular weight excluding hydrogens is 526 g/mol. The Kier molecular flexibility index (Phi) is 7.57. The zero-order valence-corrected chi connectivity index (χ0v) is 20.7. The molecule has 2 aromatic carbocycles. The van der Waals surface area contributed by atoms with E-state index in [0.717, 1.165) is 10.7 Å². The lowest BCUT2D eigenvalue weighted by Gasteiger charge is -2.11. The van der Waals surface area contributed by atoms with Crippen molar-refractivity contribution in [3.63, 3.8) is 0 Å². The fraction of sp³-hybridized carbons (Fsp3) is 0.148. The van der Waals surface area contributed by atoms with Gasteiger partial charge in [0, 0.05) is 31.4 Å². The van der Waals surface area contributed by atoms with Crippen molar-refractivity contribution >= 4 is 22.6 Å². The van der Waals surface area contributed by atoms with Crippen LogP contribution in [-0.2, 0) is 6.42 Å². The predicted octanol–water partition coefficient (Wildman–Crippen LogP) is 2.76. The number of aliphatic hydroxyl groups excluding tert-OH is 2. The van der Waals surface area contributed by atoms with Gasteiger partial charge >= 0.3 is 0 Å². The van der Waals surface area contributed by atoms with Gasteiger partial charge in [-0.25, -0.2) is 13.8 Å². The van der Waals surface area contributed by atoms with Gasteiger partial charge in [0.25, 0.3) is 5.56 Å². The van der Waals surface area contributed by atoms with E-state index in [1.54, 1.807) is 0 Å². The molecular formula is C27H22F2N6O5. The number of anilines is 1. The Hall–Kier alpha value is -5.01. The molecule has 0 unspecified atom stereocenters. The third-order valence-electron chi connectivity index (χ3n) is 5.94. The molecule has 5 aromatic rings. The second-order valence-corrected chi connectivity index (χ2v) is 8.73. The lowest BCUT2D eigenvalue weighted by Crippen LogP contribution is -2.27. The van der Waals surface area contributed by atoms with E-state index in [2.05, 4.69) is 25.6 Å². The van der Waals surface area contributed by atoms with Crippen LogP contribution in [0.3, 0.4) is 0 Å². The molecule has 3 aromatic heterocycles. The number of aromatic amines is 1. The van der Waals surface area contributed by atoms with Crippen molar-refractivity contribution in [3.05, 3.63) is 100 Å². The Labute approximate surface area is 224 Å². The van der Waals surface area contributed by atoms with E-state index in [0.29, 0.717) is 22.3 Å². The molecule has 11 nitrogen and oxygen atoms in total. The van der Waals surface area contributed by atoms with Crippen molar-refractivity contribution in [3.8, 4) is 17.2 Å². The zero-order valence-electron chi connectivity index (χ0n) is 20.7. The monoisotopic (exact) mass is 548 g/mol. The van der Waals surface area contributed by atoms with Crippen LogP contribution >= 0.6 is 0 Å². The van der Waals surface area contributed by atoms with Crippen LogP contribution in [0.15, 0.2) is 71.8 Å². The number of carbonyl (C=O) groups is 1. The maximum atomic E-state index is 15.1. The van der Waals surface area contributed by atoms with Crippen molar-refractivity contribution in [1.82, 2.24) is 25.0 Å². The number of aromatic nitrogens is 5. The summed E-state index contributed by atoms with van der Waals surface area (Å²) in [5.41, 5.74) is 0.120. The highest BCUT2D eigenvalue weighted by atomic mass is 19.1. The number of nitrogens with zero attached hydrogens (tertiary/aromatic N) is 4. The summed E-state index contributed by atoms with van der Waals surface area (Å²) in [5, 5.41) is 32.7. The number of fused-ring (bicyclic) bond motifs is 1. The van der Waals surface area contributed by atoms with Crippen LogP contribution in [0.5, 0.6) is 11.5 Å². The van der Waals surface area contributed by atoms with Crippen molar-refractivity contribution in [2.24, 2.45) is 0 Å². The molecule has 0 spiro atoms. The maximum Gasteiger partial charge on any atom is 0.282 e. The smallest absolute Gasteiger partial charge is 0.282 e. The number of pyridine rings is 1. The second-order valence-electron chi connectivity index (χ2n) is 8.73. The van der Waals surface area contributed by atoms with Gasteiger partial charge in [0.1, 0.15) is 17.0 Å². The van der Waals surface area contributed by atoms with Gasteiger partial charge in [-0.3, -0.25) is 14.7 Å². The molecule has 0 aliphatic heterocycles. The lowest BCUT2D eigenvalue weighted by atomic mass is 10.0. The summed E-state index contributed by atoms with van der Waals surface area (Å²) in [4.78, 5) is 30.0. The van der Waals surface area contributed by atoms with Gasteiger partial charge in [0.05, 0.1) is 24.0 Å². The first kappa shape index (κ1) is 26.6. The molecule has 13 heteroatoms. The summed E-state index contributed by atoms with van der Waals surface area (Å²) in [6.45, 7) is -0.434. The zero-order chi connectivity index (χ0) is 28.2. The summed E-state index contributed by atoms with van der Waals surface area (Å²) < 4.78 is 35.1. The molecule has 3 heterocycles. The van der Waals surface area contributed by atoms with Gasteiger partial charge in [0.15, 0.2) is 28.8 Å². The molecule has 0 fully saturated rings. The number of ether oxygens (including phenoxy) is 1. The summed E-state index contributed by atoms with van der Waals surface area (Å²) in [5.74, 6) is -1.40. The van der Waals surface area contributed by atoms with E-state index in [1.165, 1.54) is 60.9 Å². The third-order valence-corrected chi connectivity index (χ3v) is 5.94. The number of nitrogens with one attached hydrogen (secondary N) is 2. The molecule has 5 rings (SSSR count). The molecule has 0 aliphatic rings. The van der Waals surface area contributed by atoms with Gasteiger partial charge in [0.2, 0.25) is 0 Å². The van der Waals surface area contributed by atoms with Crippen molar-refractivity contribution < 1.29 is 28.5 Å². The van der Waals surface area contributed by atoms with E-state index in [-0.39, 0.29) is 35.8 Å². The van der Waals surface area contributed by atoms with Crippen LogP contribution in [0.1, 0.15) is 15.9 Å². The lowest BCUT2D eigenvalue weighted by molar-refractivity contribution is 0.0990. The number of benzene rings is 2. The first-order valence-electron chi connectivity index (χ1n) is 12.0. The van der Waals surface area contributed by atoms with Gasteiger partial charge in [-0.2, -0.15) is 14.9 Å². The fourth-order valence-corrected chi connectivity index (χ4v) is 3.94. The summed E-state index contributed by atoms with van der Waals surface area (Å²) in [6, 6.07) is 11.9. The van der Waals surface area contributed by atoms with Crippen molar-refractivity contribution in [2.45, 2.75) is 12.5 Å². The first-order chi connectivity index (χ1) is 19.3. The van der Waals surface area contributed by atoms with Crippen LogP contribution in [0.2, 0.25) is 0 Å². The molecule has 0 bridgehead atoms. The van der Waals surface area contributed by atoms with Gasteiger partial charge in [-0.05, 0) is 48.0 Å². The number of aliphatic hydroxyl groups is 2. The minimum atomic E-state index is -1.02. The maximum absolute atomic E-state index is 15.1. The van der Waals surface area contributed by atoms with Crippen molar-refractivity contribution in [1.29, 1.82) is 0 Å². The predicted molar refractivity (Wildman–Crippen MR) is 140 cm³/mol. The SMILES string of the molecule is O=C(Cc1ccc(Oc2ccnc3[nH]nc(NC[C@@H](O)CO)c23)c(F)c1)c1ccnn(-c2ccc(F)cc2)c1=O. The Morgan fingerprint density at radius 1 is 1.07 bits per heavy atom. The van der Waals surface area contributed by atoms with E-state index in [4.69, 9.17) is 9.84 Å². The van der Waals surface area contributed by atoms with Crippen LogP contribution in [0.4, 0.5) is 14.6 Å². The minimum Gasteiger partial charge on any atom is -0.453 e. The highest BCUT2D eigenvalue weighted by Crippen LogP contribution is 2.34. The number of H-pyrrole nitrogens is 1. The molecule has 1 atom stereocenters. The van der Waals surface area contributed by atoms with Gasteiger partial charge in [-0.1, -0.05) is 6.07 Å². The Bertz CT molecular complexity index is 1740. The standard InChI is InChI=1S/C27H22F2N6O5/c28-16-2-4-17(5-3-16)35-27(39)19(7-10-32-35)21(38)12-15-1-6-22(20(29)11-15)40-23-8-9-30-25-24(23)26(34-33-25)31-13-18(37)14-36/h1-11,18,36-37H,12-14H2,(H2,30,31,33,34)/t18-/m1/s1. The number of Topliss-reactive ketones (excluding diaryl/α,β-unsaturated/α-hetero) is 1. The molecule has 0 aliphatic carbocycles. The average Bonchev–Trinajstić information content (AvgIpc) is 3.38. The van der Waals surface area contributed by atoms with Crippen molar-refractivity contribution in [2.75, 3.05) is 18.5 Å². The Morgan fingerprint density at radius 2 is 1.88 bits per heavy atom. The fourth-order valence-electron chi connectivity index (χ4n) is 3.94. The van der Waals surface area contributed by atoms with E-state index in [9.17, 15) is 19.1 Å². The normalized spacial score (nSPS) is 11.9. The first-order valence-corrected chi connectivity index (χ1v) is 12.0. The highest BCUT2D eigenvalue weighted by molar-refractivity contribution is 5.97. The summed E-state index contributed by atoms with van der Waals surface area (Å²) in [7, 11) is 0. The van der Waals surface area contributed by atoms with Crippen LogP contribution < -0.4 is 15.6 Å². The number of hydrogen-bond donors (Lipinski definition) is 4. The number of ketones is 1. The second kappa shape index (κ2) is 11.4. The summed E-state index contributed by atoms with van der Waals surface area (Å²) in [6.07, 6.45) is 1.45. The number of hydrogen-bond acceptors (Lipinski definition) is 9. The largest absolute Gasteiger partial charge is 0.453 e. The average molecular weight is 549 g/mol.